The van der Waals surface area contributed by atoms with E-state index in [1.165, 1.54) is 0 Å². The van der Waals surface area contributed by atoms with Gasteiger partial charge >= 0.3 is 0 Å². The number of amides is 1. The van der Waals surface area contributed by atoms with Gasteiger partial charge < -0.3 is 28.7 Å². The average Bonchev–Trinajstić information content (AvgIpc) is 3.30. The van der Waals surface area contributed by atoms with Crippen LogP contribution < -0.4 is 24.3 Å². The normalized spacial score (nSPS) is 10.7. The van der Waals surface area contributed by atoms with Gasteiger partial charge in [-0.1, -0.05) is 6.07 Å². The number of hydrogen-bond donors (Lipinski definition) is 1. The Morgan fingerprint density at radius 2 is 1.71 bits per heavy atom. The second-order valence-corrected chi connectivity index (χ2v) is 7.68. The second-order valence-electron chi connectivity index (χ2n) is 7.68. The summed E-state index contributed by atoms with van der Waals surface area (Å²) in [5.41, 5.74) is 4.21. The number of aromatic nitrogens is 2. The molecule has 0 saturated heterocycles. The summed E-state index contributed by atoms with van der Waals surface area (Å²) in [6.45, 7) is 2.67. The van der Waals surface area contributed by atoms with Crippen molar-refractivity contribution in [2.75, 3.05) is 21.3 Å². The summed E-state index contributed by atoms with van der Waals surface area (Å²) in [6, 6.07) is 14.6. The Balaban J connectivity index is 1.36. The number of aryl methyl sites for hydroxylation is 1. The monoisotopic (exact) mass is 461 g/mol. The quantitative estimate of drug-likeness (QED) is 0.403. The number of benzene rings is 2. The Labute approximate surface area is 198 Å². The van der Waals surface area contributed by atoms with Gasteiger partial charge in [0.25, 0.3) is 5.91 Å². The zero-order valence-corrected chi connectivity index (χ0v) is 19.6. The van der Waals surface area contributed by atoms with E-state index in [-0.39, 0.29) is 5.91 Å². The predicted octanol–water partition coefficient (Wildman–Crippen LogP) is 4.18. The number of imidazole rings is 1. The molecule has 0 spiro atoms. The fourth-order valence-electron chi connectivity index (χ4n) is 3.66. The van der Waals surface area contributed by atoms with E-state index in [9.17, 15) is 4.79 Å². The number of rotatable bonds is 9. The fourth-order valence-corrected chi connectivity index (χ4v) is 3.66. The van der Waals surface area contributed by atoms with Gasteiger partial charge in [-0.15, -0.1) is 0 Å². The predicted molar refractivity (Wildman–Crippen MR) is 128 cm³/mol. The average molecular weight is 462 g/mol. The molecule has 0 bridgehead atoms. The molecule has 8 heteroatoms. The summed E-state index contributed by atoms with van der Waals surface area (Å²) in [4.78, 5) is 17.2. The van der Waals surface area contributed by atoms with Crippen LogP contribution in [0.5, 0.6) is 23.0 Å². The minimum absolute atomic E-state index is 0.198. The summed E-state index contributed by atoms with van der Waals surface area (Å²) >= 11 is 0. The van der Waals surface area contributed by atoms with Crippen LogP contribution >= 0.6 is 0 Å². The van der Waals surface area contributed by atoms with Crippen LogP contribution in [0.4, 0.5) is 0 Å². The van der Waals surface area contributed by atoms with Gasteiger partial charge in [-0.25, -0.2) is 4.98 Å². The topological polar surface area (TPSA) is 83.3 Å². The third kappa shape index (κ3) is 4.91. The highest BCUT2D eigenvalue weighted by molar-refractivity contribution is 5.94. The fraction of sp³-hybridized carbons (Fsp3) is 0.231. The van der Waals surface area contributed by atoms with Gasteiger partial charge in [0.05, 0.1) is 27.0 Å². The third-order valence-electron chi connectivity index (χ3n) is 5.41. The number of nitrogens with one attached hydrogen (secondary N) is 1. The molecule has 0 saturated carbocycles. The van der Waals surface area contributed by atoms with Crippen LogP contribution in [0, 0.1) is 6.92 Å². The molecule has 0 radical (unpaired) electrons. The Morgan fingerprint density at radius 3 is 2.32 bits per heavy atom. The van der Waals surface area contributed by atoms with Crippen molar-refractivity contribution >= 4 is 11.6 Å². The number of carbonyl (C=O) groups is 1. The summed E-state index contributed by atoms with van der Waals surface area (Å²) < 4.78 is 23.9. The first-order chi connectivity index (χ1) is 16.5. The number of ether oxygens (including phenoxy) is 4. The molecule has 0 aliphatic rings. The van der Waals surface area contributed by atoms with E-state index in [0.717, 1.165) is 22.5 Å². The molecule has 4 aromatic rings. The van der Waals surface area contributed by atoms with Crippen LogP contribution in [-0.2, 0) is 13.2 Å². The first-order valence-corrected chi connectivity index (χ1v) is 10.8. The van der Waals surface area contributed by atoms with Crippen molar-refractivity contribution in [3.63, 3.8) is 0 Å². The van der Waals surface area contributed by atoms with E-state index in [1.54, 1.807) is 57.7 Å². The molecular weight excluding hydrogens is 434 g/mol. The minimum atomic E-state index is -0.198. The highest BCUT2D eigenvalue weighted by Gasteiger charge is 2.14. The molecule has 0 aliphatic carbocycles. The lowest BCUT2D eigenvalue weighted by Gasteiger charge is -2.14. The first kappa shape index (κ1) is 23.0. The van der Waals surface area contributed by atoms with E-state index in [2.05, 4.69) is 10.3 Å². The summed E-state index contributed by atoms with van der Waals surface area (Å²) in [5, 5.41) is 2.91. The van der Waals surface area contributed by atoms with Gasteiger partial charge in [0.2, 0.25) is 5.75 Å². The lowest BCUT2D eigenvalue weighted by molar-refractivity contribution is 0.0950. The number of nitrogens with zero attached hydrogens (tertiary/aromatic N) is 2. The maximum atomic E-state index is 12.6. The zero-order valence-electron chi connectivity index (χ0n) is 19.6. The molecule has 0 aliphatic heterocycles. The molecule has 8 nitrogen and oxygen atoms in total. The van der Waals surface area contributed by atoms with E-state index >= 15 is 0 Å². The third-order valence-corrected chi connectivity index (χ3v) is 5.41. The van der Waals surface area contributed by atoms with Crippen molar-refractivity contribution in [1.29, 1.82) is 0 Å². The van der Waals surface area contributed by atoms with E-state index in [1.807, 2.05) is 35.9 Å². The molecule has 1 amide bonds. The molecule has 2 heterocycles. The van der Waals surface area contributed by atoms with Crippen LogP contribution in [0.1, 0.15) is 27.2 Å². The molecule has 2 aromatic carbocycles. The van der Waals surface area contributed by atoms with Gasteiger partial charge in [-0.3, -0.25) is 4.79 Å². The van der Waals surface area contributed by atoms with Crippen LogP contribution in [-0.4, -0.2) is 36.6 Å². The van der Waals surface area contributed by atoms with Crippen molar-refractivity contribution in [2.24, 2.45) is 0 Å². The van der Waals surface area contributed by atoms with Gasteiger partial charge in [0.1, 0.15) is 18.0 Å². The largest absolute Gasteiger partial charge is 0.493 e. The number of methoxy groups -OCH3 is 3. The van der Waals surface area contributed by atoms with Crippen molar-refractivity contribution in [1.82, 2.24) is 14.7 Å². The van der Waals surface area contributed by atoms with E-state index in [4.69, 9.17) is 18.9 Å². The number of carbonyl (C=O) groups excluding carboxylic acids is 1. The lowest BCUT2D eigenvalue weighted by Crippen LogP contribution is -2.22. The Bertz CT molecular complexity index is 1270. The van der Waals surface area contributed by atoms with Gasteiger partial charge in [-0.2, -0.15) is 0 Å². The van der Waals surface area contributed by atoms with Gasteiger partial charge in [0, 0.05) is 24.5 Å². The van der Waals surface area contributed by atoms with Crippen LogP contribution in [0.25, 0.3) is 5.65 Å². The Kier molecular flexibility index (Phi) is 6.87. The molecule has 2 aromatic heterocycles. The van der Waals surface area contributed by atoms with Gasteiger partial charge in [0.15, 0.2) is 11.5 Å². The molecule has 0 fully saturated rings. The van der Waals surface area contributed by atoms with Crippen LogP contribution in [0.15, 0.2) is 60.9 Å². The standard InChI is InChI=1S/C26H27N3O5/c1-17-6-5-11-29-15-20(28-25(17)29)16-34-21-9-7-19(8-10-21)26(30)27-14-18-12-22(31-2)24(33-4)23(13-18)32-3/h5-13,15H,14,16H2,1-4H3,(H,27,30). The van der Waals surface area contributed by atoms with Crippen molar-refractivity contribution in [3.05, 3.63) is 83.3 Å². The van der Waals surface area contributed by atoms with Gasteiger partial charge in [-0.05, 0) is 60.5 Å². The Morgan fingerprint density at radius 1 is 1.00 bits per heavy atom. The SMILES string of the molecule is COc1cc(CNC(=O)c2ccc(OCc3cn4cccc(C)c4n3)cc2)cc(OC)c1OC. The van der Waals surface area contributed by atoms with E-state index < -0.39 is 0 Å². The molecule has 1 N–H and O–H groups in total. The molecular formula is C26H27N3O5. The van der Waals surface area contributed by atoms with Crippen molar-refractivity contribution in [3.8, 4) is 23.0 Å². The second kappa shape index (κ2) is 10.2. The summed E-state index contributed by atoms with van der Waals surface area (Å²) in [6.07, 6.45) is 3.91. The van der Waals surface area contributed by atoms with Crippen molar-refractivity contribution < 1.29 is 23.7 Å². The maximum Gasteiger partial charge on any atom is 0.251 e. The summed E-state index contributed by atoms with van der Waals surface area (Å²) in [5.74, 6) is 2.04. The lowest BCUT2D eigenvalue weighted by atomic mass is 10.1. The zero-order chi connectivity index (χ0) is 24.1. The first-order valence-electron chi connectivity index (χ1n) is 10.8. The number of pyridine rings is 1. The van der Waals surface area contributed by atoms with E-state index in [0.29, 0.717) is 41.7 Å². The van der Waals surface area contributed by atoms with Crippen LogP contribution in [0.2, 0.25) is 0 Å². The molecule has 0 unspecified atom stereocenters. The highest BCUT2D eigenvalue weighted by atomic mass is 16.5. The Hall–Kier alpha value is -4.20. The highest BCUT2D eigenvalue weighted by Crippen LogP contribution is 2.38. The number of hydrogen-bond acceptors (Lipinski definition) is 6. The molecule has 34 heavy (non-hydrogen) atoms. The van der Waals surface area contributed by atoms with Crippen LogP contribution in [0.3, 0.4) is 0 Å². The smallest absolute Gasteiger partial charge is 0.251 e. The number of fused-ring (bicyclic) bond motifs is 1. The molecule has 0 atom stereocenters. The summed E-state index contributed by atoms with van der Waals surface area (Å²) in [7, 11) is 4.66. The molecule has 176 valence electrons. The maximum absolute atomic E-state index is 12.6. The molecule has 4 rings (SSSR count). The van der Waals surface area contributed by atoms with Crippen molar-refractivity contribution in [2.45, 2.75) is 20.1 Å². The minimum Gasteiger partial charge on any atom is -0.493 e.